The summed E-state index contributed by atoms with van der Waals surface area (Å²) < 4.78 is 0.511. The highest BCUT2D eigenvalue weighted by molar-refractivity contribution is 9.10. The van der Waals surface area contributed by atoms with Gasteiger partial charge in [0.15, 0.2) is 6.29 Å². The molecule has 10 heavy (non-hydrogen) atoms. The summed E-state index contributed by atoms with van der Waals surface area (Å²) in [6.45, 7) is 0. The highest BCUT2D eigenvalue weighted by Gasteiger charge is 2.00. The second-order valence-corrected chi connectivity index (χ2v) is 2.47. The maximum atomic E-state index is 10.3. The Hall–Kier alpha value is -0.900. The quantitative estimate of drug-likeness (QED) is 0.549. The van der Waals surface area contributed by atoms with E-state index in [9.17, 15) is 4.79 Å². The van der Waals surface area contributed by atoms with Crippen LogP contribution in [0.3, 0.4) is 0 Å². The maximum Gasteiger partial charge on any atom is 0.152 e. The highest BCUT2D eigenvalue weighted by atomic mass is 79.9. The Bertz CT molecular complexity index is 262. The molecule has 0 bridgehead atoms. The number of halogens is 1. The predicted molar refractivity (Wildman–Crippen MR) is 41.7 cm³/mol. The zero-order valence-electron chi connectivity index (χ0n) is 5.04. The van der Waals surface area contributed by atoms with Crippen molar-refractivity contribution in [1.29, 1.82) is 0 Å². The van der Waals surface area contributed by atoms with Crippen LogP contribution in [0.25, 0.3) is 0 Å². The number of pyridine rings is 1. The number of hydrogen-bond donors (Lipinski definition) is 1. The lowest BCUT2D eigenvalue weighted by Gasteiger charge is -1.97. The van der Waals surface area contributed by atoms with Crippen LogP contribution in [-0.4, -0.2) is 11.3 Å². The molecule has 0 spiro atoms. The van der Waals surface area contributed by atoms with Gasteiger partial charge in [-0.2, -0.15) is 0 Å². The van der Waals surface area contributed by atoms with Crippen LogP contribution in [0.15, 0.2) is 16.9 Å². The first-order valence-electron chi connectivity index (χ1n) is 2.61. The van der Waals surface area contributed by atoms with Gasteiger partial charge in [0.05, 0.1) is 5.69 Å². The predicted octanol–water partition coefficient (Wildman–Crippen LogP) is 1.24. The molecule has 0 aliphatic rings. The van der Waals surface area contributed by atoms with Gasteiger partial charge in [0, 0.05) is 11.8 Å². The molecule has 0 atom stereocenters. The molecular weight excluding hydrogens is 196 g/mol. The van der Waals surface area contributed by atoms with Gasteiger partial charge in [-0.25, -0.2) is 4.98 Å². The Morgan fingerprint density at radius 2 is 2.40 bits per heavy atom. The topological polar surface area (TPSA) is 56.0 Å². The second kappa shape index (κ2) is 2.79. The first kappa shape index (κ1) is 7.21. The minimum Gasteiger partial charge on any atom is -0.396 e. The Balaban J connectivity index is 3.27. The number of aldehydes is 1. The van der Waals surface area contributed by atoms with Gasteiger partial charge in [-0.15, -0.1) is 0 Å². The normalized spacial score (nSPS) is 9.30. The number of aromatic nitrogens is 1. The van der Waals surface area contributed by atoms with Crippen molar-refractivity contribution in [1.82, 2.24) is 4.98 Å². The molecule has 0 fully saturated rings. The molecule has 52 valence electrons. The Labute approximate surface area is 66.4 Å². The van der Waals surface area contributed by atoms with E-state index in [0.29, 0.717) is 22.1 Å². The fourth-order valence-electron chi connectivity index (χ4n) is 0.564. The molecule has 1 heterocycles. The van der Waals surface area contributed by atoms with Gasteiger partial charge < -0.3 is 5.73 Å². The van der Waals surface area contributed by atoms with Crippen molar-refractivity contribution in [3.8, 4) is 0 Å². The minimum atomic E-state index is 0.387. The van der Waals surface area contributed by atoms with E-state index < -0.39 is 0 Å². The molecule has 0 unspecified atom stereocenters. The van der Waals surface area contributed by atoms with Gasteiger partial charge >= 0.3 is 0 Å². The molecule has 0 aliphatic heterocycles. The number of hydrogen-bond acceptors (Lipinski definition) is 3. The van der Waals surface area contributed by atoms with E-state index in [4.69, 9.17) is 5.73 Å². The van der Waals surface area contributed by atoms with Gasteiger partial charge in [0.1, 0.15) is 4.60 Å². The minimum absolute atomic E-state index is 0.387. The van der Waals surface area contributed by atoms with Crippen molar-refractivity contribution >= 4 is 27.9 Å². The third-order valence-electron chi connectivity index (χ3n) is 1.10. The molecule has 1 aromatic heterocycles. The average Bonchev–Trinajstić information content (AvgIpc) is 1.95. The van der Waals surface area contributed by atoms with Crippen molar-refractivity contribution in [2.75, 3.05) is 5.73 Å². The summed E-state index contributed by atoms with van der Waals surface area (Å²) in [4.78, 5) is 14.1. The van der Waals surface area contributed by atoms with E-state index in [0.717, 1.165) is 0 Å². The Morgan fingerprint density at radius 1 is 1.70 bits per heavy atom. The summed E-state index contributed by atoms with van der Waals surface area (Å²) in [5, 5.41) is 0. The van der Waals surface area contributed by atoms with E-state index in [-0.39, 0.29) is 0 Å². The molecule has 1 rings (SSSR count). The molecule has 0 saturated heterocycles. The number of anilines is 1. The van der Waals surface area contributed by atoms with Crippen LogP contribution in [0, 0.1) is 0 Å². The van der Waals surface area contributed by atoms with Gasteiger partial charge in [-0.3, -0.25) is 4.79 Å². The van der Waals surface area contributed by atoms with Crippen molar-refractivity contribution < 1.29 is 4.79 Å². The fourth-order valence-corrected chi connectivity index (χ4v) is 0.911. The van der Waals surface area contributed by atoms with E-state index in [1.54, 1.807) is 6.07 Å². The van der Waals surface area contributed by atoms with Crippen LogP contribution in [0.1, 0.15) is 10.4 Å². The number of nitrogens with two attached hydrogens (primary N) is 1. The molecule has 2 N–H and O–H groups in total. The van der Waals surface area contributed by atoms with Crippen molar-refractivity contribution in [2.45, 2.75) is 0 Å². The molecule has 4 heteroatoms. The van der Waals surface area contributed by atoms with Crippen LogP contribution in [0.4, 0.5) is 5.69 Å². The van der Waals surface area contributed by atoms with Gasteiger partial charge in [-0.1, -0.05) is 0 Å². The molecule has 1 aromatic rings. The number of carbonyl (C=O) groups excluding carboxylic acids is 1. The average molecular weight is 201 g/mol. The third kappa shape index (κ3) is 1.16. The molecule has 0 aliphatic carbocycles. The van der Waals surface area contributed by atoms with Crippen LogP contribution in [0.2, 0.25) is 0 Å². The Morgan fingerprint density at radius 3 is 2.90 bits per heavy atom. The van der Waals surface area contributed by atoms with E-state index in [1.165, 1.54) is 6.20 Å². The van der Waals surface area contributed by atoms with Crippen molar-refractivity contribution in [3.05, 3.63) is 22.4 Å². The molecule has 0 saturated carbocycles. The number of nitrogens with zero attached hydrogens (tertiary/aromatic N) is 1. The standard InChI is InChI=1S/C6H5BrN2O/c7-6-5(8)4(3-10)1-2-9-6/h1-3H,8H2. The first-order chi connectivity index (χ1) is 4.75. The smallest absolute Gasteiger partial charge is 0.152 e. The molecule has 3 nitrogen and oxygen atoms in total. The largest absolute Gasteiger partial charge is 0.396 e. The van der Waals surface area contributed by atoms with Crippen molar-refractivity contribution in [2.24, 2.45) is 0 Å². The van der Waals surface area contributed by atoms with Gasteiger partial charge in [0.25, 0.3) is 0 Å². The summed E-state index contributed by atoms with van der Waals surface area (Å²) >= 11 is 3.09. The third-order valence-corrected chi connectivity index (χ3v) is 1.73. The SMILES string of the molecule is Nc1c(C=O)ccnc1Br. The molecule has 0 radical (unpaired) electrons. The summed E-state index contributed by atoms with van der Waals surface area (Å²) in [5.41, 5.74) is 6.30. The van der Waals surface area contributed by atoms with E-state index in [1.807, 2.05) is 0 Å². The molecule has 0 amide bonds. The van der Waals surface area contributed by atoms with Crippen LogP contribution in [0.5, 0.6) is 0 Å². The first-order valence-corrected chi connectivity index (χ1v) is 3.40. The number of carbonyl (C=O) groups is 1. The van der Waals surface area contributed by atoms with Crippen LogP contribution < -0.4 is 5.73 Å². The summed E-state index contributed by atoms with van der Waals surface area (Å²) in [5.74, 6) is 0. The molecule has 0 aromatic carbocycles. The van der Waals surface area contributed by atoms with Crippen molar-refractivity contribution in [3.63, 3.8) is 0 Å². The summed E-state index contributed by atoms with van der Waals surface area (Å²) in [7, 11) is 0. The lowest BCUT2D eigenvalue weighted by Crippen LogP contribution is -1.94. The Kier molecular flexibility index (Phi) is 2.01. The van der Waals surface area contributed by atoms with Gasteiger partial charge in [0.2, 0.25) is 0 Å². The lowest BCUT2D eigenvalue weighted by atomic mass is 10.2. The summed E-state index contributed by atoms with van der Waals surface area (Å²) in [6, 6.07) is 1.56. The van der Waals surface area contributed by atoms with Crippen LogP contribution in [-0.2, 0) is 0 Å². The lowest BCUT2D eigenvalue weighted by molar-refractivity contribution is 0.112. The van der Waals surface area contributed by atoms with Crippen LogP contribution >= 0.6 is 15.9 Å². The highest BCUT2D eigenvalue weighted by Crippen LogP contribution is 2.17. The van der Waals surface area contributed by atoms with Gasteiger partial charge in [-0.05, 0) is 22.0 Å². The maximum absolute atomic E-state index is 10.3. The second-order valence-electron chi connectivity index (χ2n) is 1.72. The zero-order chi connectivity index (χ0) is 7.56. The van der Waals surface area contributed by atoms with E-state index in [2.05, 4.69) is 20.9 Å². The summed E-state index contributed by atoms with van der Waals surface area (Å²) in [6.07, 6.45) is 2.21. The molecular formula is C6H5BrN2O. The van der Waals surface area contributed by atoms with E-state index >= 15 is 0 Å². The number of nitrogen functional groups attached to an aromatic ring is 1. The zero-order valence-corrected chi connectivity index (χ0v) is 6.63. The monoisotopic (exact) mass is 200 g/mol. The fraction of sp³-hybridized carbons (Fsp3) is 0. The number of rotatable bonds is 1.